The van der Waals surface area contributed by atoms with Crippen LogP contribution in [0.4, 0.5) is 17.5 Å². The topological polar surface area (TPSA) is 165 Å². The van der Waals surface area contributed by atoms with Gasteiger partial charge in [0.15, 0.2) is 0 Å². The number of nitrogens with two attached hydrogens (primary N) is 1. The van der Waals surface area contributed by atoms with E-state index in [9.17, 15) is 10.1 Å². The van der Waals surface area contributed by atoms with Gasteiger partial charge in [0.1, 0.15) is 17.1 Å². The molecule has 0 aliphatic carbocycles. The van der Waals surface area contributed by atoms with Gasteiger partial charge in [-0.25, -0.2) is 4.98 Å². The molecule has 1 aromatic carbocycles. The summed E-state index contributed by atoms with van der Waals surface area (Å²) in [6.07, 6.45) is 6.36. The van der Waals surface area contributed by atoms with Crippen LogP contribution < -0.4 is 26.4 Å². The van der Waals surface area contributed by atoms with Gasteiger partial charge in [0.05, 0.1) is 30.1 Å². The fourth-order valence-electron chi connectivity index (χ4n) is 3.73. The maximum atomic E-state index is 12.0. The number of hydrogen-bond donors (Lipinski definition) is 5. The maximum absolute atomic E-state index is 12.0. The lowest BCUT2D eigenvalue weighted by molar-refractivity contribution is 0.100. The molecule has 1 aliphatic rings. The maximum Gasteiger partial charge on any atom is 0.254 e. The first-order valence-electron chi connectivity index (χ1n) is 10.8. The van der Waals surface area contributed by atoms with Crippen molar-refractivity contribution < 1.29 is 9.53 Å². The molecule has 1 aromatic heterocycles. The molecule has 1 fully saturated rings. The minimum absolute atomic E-state index is 0.0834. The molecule has 1 atom stereocenters. The Labute approximate surface area is 198 Å². The largest absolute Gasteiger partial charge is 0.495 e. The molecule has 11 nitrogen and oxygen atoms in total. The smallest absolute Gasteiger partial charge is 0.254 e. The predicted molar refractivity (Wildman–Crippen MR) is 130 cm³/mol. The highest BCUT2D eigenvalue weighted by atomic mass is 16.5. The van der Waals surface area contributed by atoms with Crippen molar-refractivity contribution in [3.8, 4) is 11.8 Å². The summed E-state index contributed by atoms with van der Waals surface area (Å²) in [6.45, 7) is 3.81. The van der Waals surface area contributed by atoms with Crippen LogP contribution in [0.15, 0.2) is 30.2 Å². The molecule has 1 aliphatic heterocycles. The van der Waals surface area contributed by atoms with Crippen LogP contribution in [-0.4, -0.2) is 60.3 Å². The molecule has 0 bridgehead atoms. The first-order valence-corrected chi connectivity index (χ1v) is 10.8. The van der Waals surface area contributed by atoms with E-state index >= 15 is 0 Å². The molecule has 1 unspecified atom stereocenters. The van der Waals surface area contributed by atoms with Crippen LogP contribution >= 0.6 is 0 Å². The quantitative estimate of drug-likeness (QED) is 0.350. The van der Waals surface area contributed by atoms with Crippen molar-refractivity contribution >= 4 is 29.6 Å². The number of amides is 1. The molecule has 34 heavy (non-hydrogen) atoms. The number of hydrogen-bond acceptors (Lipinski definition) is 10. The lowest BCUT2D eigenvalue weighted by Crippen LogP contribution is -2.42. The van der Waals surface area contributed by atoms with E-state index in [0.29, 0.717) is 22.7 Å². The van der Waals surface area contributed by atoms with E-state index in [1.54, 1.807) is 25.3 Å². The first kappa shape index (κ1) is 24.5. The molecular formula is C23H29N9O2. The Morgan fingerprint density at radius 3 is 2.88 bits per heavy atom. The summed E-state index contributed by atoms with van der Waals surface area (Å²) in [7, 11) is 3.57. The zero-order valence-corrected chi connectivity index (χ0v) is 19.5. The lowest BCUT2D eigenvalue weighted by Gasteiger charge is -2.29. The Hall–Kier alpha value is -4.17. The van der Waals surface area contributed by atoms with Crippen molar-refractivity contribution in [2.75, 3.05) is 37.9 Å². The summed E-state index contributed by atoms with van der Waals surface area (Å²) in [5, 5.41) is 26.4. The summed E-state index contributed by atoms with van der Waals surface area (Å²) in [6, 6.07) is 5.66. The number of ether oxygens (including phenoxy) is 1. The van der Waals surface area contributed by atoms with E-state index < -0.39 is 5.91 Å². The van der Waals surface area contributed by atoms with Crippen LogP contribution in [-0.2, 0) is 0 Å². The Morgan fingerprint density at radius 1 is 1.44 bits per heavy atom. The van der Waals surface area contributed by atoms with Gasteiger partial charge in [-0.2, -0.15) is 10.2 Å². The van der Waals surface area contributed by atoms with E-state index in [2.05, 4.69) is 43.9 Å². The number of benzene rings is 1. The highest BCUT2D eigenvalue weighted by Gasteiger charge is 2.18. The molecule has 0 spiro atoms. The average Bonchev–Trinajstić information content (AvgIpc) is 2.82. The van der Waals surface area contributed by atoms with E-state index in [-0.39, 0.29) is 23.4 Å². The molecule has 11 heteroatoms. The van der Waals surface area contributed by atoms with Crippen LogP contribution in [0.2, 0.25) is 0 Å². The number of primary amides is 1. The van der Waals surface area contributed by atoms with Crippen molar-refractivity contribution in [1.29, 1.82) is 10.7 Å². The number of likely N-dealkylation sites (N-methyl/N-ethyl adjacent to an activating group) is 1. The Kier molecular flexibility index (Phi) is 8.00. The molecule has 1 saturated heterocycles. The number of allylic oxidation sites excluding steroid dienone is 1. The van der Waals surface area contributed by atoms with Crippen molar-refractivity contribution in [2.24, 2.45) is 5.73 Å². The van der Waals surface area contributed by atoms with Gasteiger partial charge in [-0.15, -0.1) is 0 Å². The third-order valence-corrected chi connectivity index (χ3v) is 5.46. The fourth-order valence-corrected chi connectivity index (χ4v) is 3.73. The van der Waals surface area contributed by atoms with Crippen molar-refractivity contribution in [2.45, 2.75) is 25.8 Å². The summed E-state index contributed by atoms with van der Waals surface area (Å²) in [5.74, 6) is 0.0596. The second-order valence-corrected chi connectivity index (χ2v) is 8.06. The summed E-state index contributed by atoms with van der Waals surface area (Å²) in [5.41, 5.74) is 7.77. The number of carbonyl (C=O) groups excluding carboxylic acids is 1. The number of methoxy groups -OCH3 is 1. The van der Waals surface area contributed by atoms with Crippen molar-refractivity contribution in [3.05, 3.63) is 46.9 Å². The summed E-state index contributed by atoms with van der Waals surface area (Å²) < 4.78 is 5.41. The van der Waals surface area contributed by atoms with Crippen LogP contribution in [0.1, 0.15) is 34.3 Å². The van der Waals surface area contributed by atoms with E-state index in [1.807, 2.05) is 0 Å². The number of rotatable bonds is 9. The molecule has 0 radical (unpaired) electrons. The fraction of sp³-hybridized carbons (Fsp3) is 0.348. The van der Waals surface area contributed by atoms with E-state index in [4.69, 9.17) is 15.9 Å². The second-order valence-electron chi connectivity index (χ2n) is 8.06. The number of nitriles is 1. The van der Waals surface area contributed by atoms with Crippen LogP contribution in [0, 0.1) is 23.7 Å². The standard InChI is InChI=1S/C23H29N9O2/c1-14-7-15(9-24)8-19(34-3)20(14)30-22-18(21(26)33)12-28-23(31-22)29-17(10-25)11-27-16-5-4-6-32(2)13-16/h7-8,10-12,16,25,27H,4-6,13H2,1-3H3,(H2,26,33)(H2,28,29,30,31)/b17-11+,25-10?. The molecule has 0 saturated carbocycles. The van der Waals surface area contributed by atoms with Gasteiger partial charge in [0.25, 0.3) is 5.91 Å². The highest BCUT2D eigenvalue weighted by Crippen LogP contribution is 2.33. The highest BCUT2D eigenvalue weighted by molar-refractivity contribution is 5.98. The first-order chi connectivity index (χ1) is 16.3. The Morgan fingerprint density at radius 2 is 2.24 bits per heavy atom. The van der Waals surface area contributed by atoms with Gasteiger partial charge >= 0.3 is 0 Å². The van der Waals surface area contributed by atoms with Gasteiger partial charge < -0.3 is 36.7 Å². The average molecular weight is 464 g/mol. The number of likely N-dealkylation sites (tertiary alicyclic amines) is 1. The molecular weight excluding hydrogens is 434 g/mol. The third-order valence-electron chi connectivity index (χ3n) is 5.46. The normalized spacial score (nSPS) is 16.3. The summed E-state index contributed by atoms with van der Waals surface area (Å²) >= 11 is 0. The van der Waals surface area contributed by atoms with Crippen LogP contribution in [0.25, 0.3) is 0 Å². The Bertz CT molecular complexity index is 1140. The molecule has 178 valence electrons. The number of nitrogens with one attached hydrogen (secondary N) is 4. The van der Waals surface area contributed by atoms with Crippen LogP contribution in [0.3, 0.4) is 0 Å². The molecule has 3 rings (SSSR count). The third kappa shape index (κ3) is 5.99. The molecule has 6 N–H and O–H groups in total. The van der Waals surface area contributed by atoms with Gasteiger partial charge in [-0.1, -0.05) is 0 Å². The number of aryl methyl sites for hydroxylation is 1. The molecule has 2 heterocycles. The molecule has 2 aromatic rings. The summed E-state index contributed by atoms with van der Waals surface area (Å²) in [4.78, 5) is 22.8. The zero-order valence-electron chi connectivity index (χ0n) is 19.5. The Balaban J connectivity index is 1.86. The van der Waals surface area contributed by atoms with Gasteiger partial charge in [-0.3, -0.25) is 4.79 Å². The number of aromatic nitrogens is 2. The number of carbonyl (C=O) groups is 1. The van der Waals surface area contributed by atoms with Gasteiger partial charge in [0, 0.05) is 37.3 Å². The van der Waals surface area contributed by atoms with Crippen molar-refractivity contribution in [1.82, 2.24) is 20.2 Å². The zero-order chi connectivity index (χ0) is 24.7. The minimum atomic E-state index is -0.704. The number of anilines is 3. The van der Waals surface area contributed by atoms with Gasteiger partial charge in [0.2, 0.25) is 5.95 Å². The number of nitrogens with zero attached hydrogens (tertiary/aromatic N) is 4. The van der Waals surface area contributed by atoms with Crippen LogP contribution in [0.5, 0.6) is 5.75 Å². The van der Waals surface area contributed by atoms with E-state index in [1.165, 1.54) is 13.3 Å². The molecule has 1 amide bonds. The van der Waals surface area contributed by atoms with E-state index in [0.717, 1.165) is 37.7 Å². The lowest BCUT2D eigenvalue weighted by atomic mass is 10.1. The second kappa shape index (κ2) is 11.1. The monoisotopic (exact) mass is 463 g/mol. The number of piperidine rings is 1. The van der Waals surface area contributed by atoms with Gasteiger partial charge in [-0.05, 0) is 45.0 Å². The SMILES string of the molecule is COc1cc(C#N)cc(C)c1Nc1nc(N/C(C=N)=C/NC2CCCN(C)C2)ncc1C(N)=O. The minimum Gasteiger partial charge on any atom is -0.495 e. The van der Waals surface area contributed by atoms with Crippen molar-refractivity contribution in [3.63, 3.8) is 0 Å². The predicted octanol–water partition coefficient (Wildman–Crippen LogP) is 2.09.